The molecule has 0 unspecified atom stereocenters. The molecule has 0 aromatic heterocycles. The summed E-state index contributed by atoms with van der Waals surface area (Å²) in [6, 6.07) is 16.5. The lowest BCUT2D eigenvalue weighted by Gasteiger charge is -2.26. The number of para-hydroxylation sites is 1. The first-order chi connectivity index (χ1) is 17.2. The summed E-state index contributed by atoms with van der Waals surface area (Å²) in [7, 11) is 0. The van der Waals surface area contributed by atoms with Gasteiger partial charge in [-0.25, -0.2) is 9.69 Å². The monoisotopic (exact) mass is 543 g/mol. The molecule has 11 heteroatoms. The van der Waals surface area contributed by atoms with Crippen LogP contribution in [-0.4, -0.2) is 30.4 Å². The molecule has 4 rings (SSSR count). The second-order valence-electron chi connectivity index (χ2n) is 7.45. The molecule has 36 heavy (non-hydrogen) atoms. The van der Waals surface area contributed by atoms with E-state index in [4.69, 9.17) is 39.5 Å². The zero-order chi connectivity index (χ0) is 25.8. The molecule has 5 amide bonds. The zero-order valence-corrected chi connectivity index (χ0v) is 20.5. The highest BCUT2D eigenvalue weighted by molar-refractivity contribution is 6.42. The van der Waals surface area contributed by atoms with Crippen LogP contribution in [0.1, 0.15) is 5.56 Å². The molecule has 182 valence electrons. The SMILES string of the molecule is O=C(COc1ccc(/C=C2/C(=O)NC(=O)N(c3ccccc3)C2=O)cc1Cl)Nc1ccc(Cl)c(Cl)c1. The van der Waals surface area contributed by atoms with Crippen molar-refractivity contribution in [2.24, 2.45) is 0 Å². The van der Waals surface area contributed by atoms with Gasteiger partial charge in [0.05, 0.1) is 20.8 Å². The summed E-state index contributed by atoms with van der Waals surface area (Å²) >= 11 is 18.1. The highest BCUT2D eigenvalue weighted by Gasteiger charge is 2.36. The van der Waals surface area contributed by atoms with Crippen molar-refractivity contribution in [3.8, 4) is 5.75 Å². The number of barbiturate groups is 1. The van der Waals surface area contributed by atoms with E-state index < -0.39 is 23.8 Å². The summed E-state index contributed by atoms with van der Waals surface area (Å²) in [5, 5.41) is 5.58. The third kappa shape index (κ3) is 5.68. The second kappa shape index (κ2) is 10.8. The number of nitrogens with one attached hydrogen (secondary N) is 2. The van der Waals surface area contributed by atoms with Crippen LogP contribution >= 0.6 is 34.8 Å². The predicted molar refractivity (Wildman–Crippen MR) is 137 cm³/mol. The Labute approximate surface area is 220 Å². The van der Waals surface area contributed by atoms with Gasteiger partial charge in [0.25, 0.3) is 17.7 Å². The Morgan fingerprint density at radius 3 is 2.36 bits per heavy atom. The van der Waals surface area contributed by atoms with Crippen LogP contribution in [0.15, 0.2) is 72.3 Å². The number of carbonyl (C=O) groups excluding carboxylic acids is 4. The number of carbonyl (C=O) groups is 4. The Balaban J connectivity index is 1.46. The third-order valence-electron chi connectivity index (χ3n) is 4.95. The molecular weight excluding hydrogens is 529 g/mol. The number of imide groups is 2. The predicted octanol–water partition coefficient (Wildman–Crippen LogP) is 5.33. The summed E-state index contributed by atoms with van der Waals surface area (Å²) in [4.78, 5) is 50.6. The lowest BCUT2D eigenvalue weighted by Crippen LogP contribution is -2.54. The molecule has 0 saturated carbocycles. The molecule has 1 aliphatic heterocycles. The molecule has 0 spiro atoms. The van der Waals surface area contributed by atoms with E-state index in [0.717, 1.165) is 4.90 Å². The summed E-state index contributed by atoms with van der Waals surface area (Å²) in [6.45, 7) is -0.338. The summed E-state index contributed by atoms with van der Waals surface area (Å²) < 4.78 is 5.48. The molecule has 0 bridgehead atoms. The lowest BCUT2D eigenvalue weighted by atomic mass is 10.1. The summed E-state index contributed by atoms with van der Waals surface area (Å²) in [5.41, 5.74) is 0.932. The number of anilines is 2. The number of amides is 5. The van der Waals surface area contributed by atoms with Crippen molar-refractivity contribution < 1.29 is 23.9 Å². The molecule has 1 fully saturated rings. The van der Waals surface area contributed by atoms with Crippen LogP contribution in [0, 0.1) is 0 Å². The smallest absolute Gasteiger partial charge is 0.335 e. The number of nitrogens with zero attached hydrogens (tertiary/aromatic N) is 1. The van der Waals surface area contributed by atoms with Gasteiger partial charge in [-0.2, -0.15) is 0 Å². The van der Waals surface area contributed by atoms with Gasteiger partial charge in [0.1, 0.15) is 11.3 Å². The maximum absolute atomic E-state index is 12.9. The first-order valence-electron chi connectivity index (χ1n) is 10.4. The summed E-state index contributed by atoms with van der Waals surface area (Å²) in [6.07, 6.45) is 1.31. The van der Waals surface area contributed by atoms with E-state index in [0.29, 0.717) is 27.0 Å². The van der Waals surface area contributed by atoms with Crippen molar-refractivity contribution in [1.82, 2.24) is 5.32 Å². The number of hydrogen-bond acceptors (Lipinski definition) is 5. The molecule has 3 aromatic carbocycles. The molecule has 1 saturated heterocycles. The molecule has 1 heterocycles. The Morgan fingerprint density at radius 1 is 0.917 bits per heavy atom. The van der Waals surface area contributed by atoms with Crippen molar-refractivity contribution in [2.75, 3.05) is 16.8 Å². The van der Waals surface area contributed by atoms with E-state index in [9.17, 15) is 19.2 Å². The lowest BCUT2D eigenvalue weighted by molar-refractivity contribution is -0.122. The van der Waals surface area contributed by atoms with E-state index in [2.05, 4.69) is 10.6 Å². The first kappa shape index (κ1) is 25.2. The molecule has 1 aliphatic rings. The normalized spacial score (nSPS) is 14.6. The number of benzene rings is 3. The fourth-order valence-corrected chi connectivity index (χ4v) is 3.82. The highest BCUT2D eigenvalue weighted by atomic mass is 35.5. The number of hydrogen-bond donors (Lipinski definition) is 2. The molecule has 2 N–H and O–H groups in total. The van der Waals surface area contributed by atoms with Gasteiger partial charge in [-0.3, -0.25) is 19.7 Å². The first-order valence-corrected chi connectivity index (χ1v) is 11.5. The molecule has 3 aromatic rings. The quantitative estimate of drug-likeness (QED) is 0.322. The molecule has 8 nitrogen and oxygen atoms in total. The van der Waals surface area contributed by atoms with Gasteiger partial charge in [0.2, 0.25) is 0 Å². The highest BCUT2D eigenvalue weighted by Crippen LogP contribution is 2.28. The van der Waals surface area contributed by atoms with Crippen LogP contribution in [0.5, 0.6) is 5.75 Å². The molecule has 0 atom stereocenters. The van der Waals surface area contributed by atoms with Crippen molar-refractivity contribution in [3.05, 3.63) is 92.9 Å². The molecule has 0 radical (unpaired) electrons. The van der Waals surface area contributed by atoms with Gasteiger partial charge < -0.3 is 10.1 Å². The topological polar surface area (TPSA) is 105 Å². The van der Waals surface area contributed by atoms with Gasteiger partial charge in [-0.15, -0.1) is 0 Å². The number of halogens is 3. The van der Waals surface area contributed by atoms with Gasteiger partial charge >= 0.3 is 6.03 Å². The Bertz CT molecular complexity index is 1410. The zero-order valence-electron chi connectivity index (χ0n) is 18.3. The average molecular weight is 545 g/mol. The largest absolute Gasteiger partial charge is 0.482 e. The van der Waals surface area contributed by atoms with Crippen molar-refractivity contribution in [2.45, 2.75) is 0 Å². The van der Waals surface area contributed by atoms with Crippen LogP contribution in [0.2, 0.25) is 15.1 Å². The van der Waals surface area contributed by atoms with E-state index in [-0.39, 0.29) is 23.0 Å². The maximum atomic E-state index is 12.9. The van der Waals surface area contributed by atoms with Crippen molar-refractivity contribution in [1.29, 1.82) is 0 Å². The number of rotatable bonds is 6. The minimum Gasteiger partial charge on any atom is -0.482 e. The van der Waals surface area contributed by atoms with E-state index in [1.807, 2.05) is 0 Å². The molecular formula is C25H16Cl3N3O5. The van der Waals surface area contributed by atoms with Gasteiger partial charge in [0.15, 0.2) is 6.61 Å². The van der Waals surface area contributed by atoms with Gasteiger partial charge in [-0.1, -0.05) is 59.1 Å². The Morgan fingerprint density at radius 2 is 1.67 bits per heavy atom. The van der Waals surface area contributed by atoms with Crippen molar-refractivity contribution in [3.63, 3.8) is 0 Å². The number of urea groups is 1. The fourth-order valence-electron chi connectivity index (χ4n) is 3.27. The fraction of sp³-hybridized carbons (Fsp3) is 0.0400. The van der Waals surface area contributed by atoms with Crippen LogP contribution in [0.4, 0.5) is 16.2 Å². The van der Waals surface area contributed by atoms with Crippen molar-refractivity contribution >= 4 is 76.0 Å². The van der Waals surface area contributed by atoms with E-state index in [1.165, 1.54) is 24.3 Å². The molecule has 0 aliphatic carbocycles. The Kier molecular flexibility index (Phi) is 7.59. The minimum absolute atomic E-state index is 0.145. The second-order valence-corrected chi connectivity index (χ2v) is 8.67. The standard InChI is InChI=1S/C25H16Cl3N3O5/c26-18-8-7-15(12-19(18)27)29-22(32)13-36-21-9-6-14(11-20(21)28)10-17-23(33)30-25(35)31(24(17)34)16-4-2-1-3-5-16/h1-12H,13H2,(H,29,32)(H,30,33,35)/b17-10-. The minimum atomic E-state index is -0.839. The van der Waals surface area contributed by atoms with Crippen LogP contribution in [-0.2, 0) is 14.4 Å². The van der Waals surface area contributed by atoms with Gasteiger partial charge in [-0.05, 0) is 54.1 Å². The van der Waals surface area contributed by atoms with Gasteiger partial charge in [0, 0.05) is 5.69 Å². The average Bonchev–Trinajstić information content (AvgIpc) is 2.84. The number of ether oxygens (including phenoxy) is 1. The maximum Gasteiger partial charge on any atom is 0.335 e. The van der Waals surface area contributed by atoms with Crippen LogP contribution in [0.25, 0.3) is 6.08 Å². The van der Waals surface area contributed by atoms with Crippen LogP contribution < -0.4 is 20.3 Å². The van der Waals surface area contributed by atoms with E-state index in [1.54, 1.807) is 48.5 Å². The summed E-state index contributed by atoms with van der Waals surface area (Å²) in [5.74, 6) is -1.84. The van der Waals surface area contributed by atoms with E-state index >= 15 is 0 Å². The third-order valence-corrected chi connectivity index (χ3v) is 5.98. The Hall–Kier alpha value is -3.85. The van der Waals surface area contributed by atoms with Crippen LogP contribution in [0.3, 0.4) is 0 Å².